The number of rotatable bonds is 6. The fourth-order valence-corrected chi connectivity index (χ4v) is 4.00. The highest BCUT2D eigenvalue weighted by molar-refractivity contribution is 7.00. The van der Waals surface area contributed by atoms with Gasteiger partial charge in [0.15, 0.2) is 5.65 Å². The predicted molar refractivity (Wildman–Crippen MR) is 122 cm³/mol. The molecule has 0 saturated heterocycles. The van der Waals surface area contributed by atoms with E-state index in [0.29, 0.717) is 46.8 Å². The van der Waals surface area contributed by atoms with Crippen molar-refractivity contribution in [3.63, 3.8) is 0 Å². The van der Waals surface area contributed by atoms with E-state index in [9.17, 15) is 9.59 Å². The number of hydrogen-bond acceptors (Lipinski definition) is 7. The summed E-state index contributed by atoms with van der Waals surface area (Å²) >= 11 is 7.03. The molecule has 11 heteroatoms. The topological polar surface area (TPSA) is 108 Å². The Morgan fingerprint density at radius 1 is 1.09 bits per heavy atom. The molecule has 0 fully saturated rings. The highest BCUT2D eigenvalue weighted by atomic mass is 35.5. The van der Waals surface area contributed by atoms with Crippen molar-refractivity contribution in [2.24, 2.45) is 0 Å². The molecular weight excluding hydrogens is 450 g/mol. The molecule has 0 radical (unpaired) electrons. The summed E-state index contributed by atoms with van der Waals surface area (Å²) in [5.74, 6) is -0.213. The van der Waals surface area contributed by atoms with Gasteiger partial charge in [0.05, 0.1) is 31.0 Å². The van der Waals surface area contributed by atoms with E-state index in [0.717, 1.165) is 22.8 Å². The molecule has 32 heavy (non-hydrogen) atoms. The molecule has 0 aliphatic rings. The summed E-state index contributed by atoms with van der Waals surface area (Å²) in [6.07, 6.45) is 3.02. The molecule has 0 spiro atoms. The zero-order valence-corrected chi connectivity index (χ0v) is 18.2. The molecule has 0 saturated carbocycles. The third-order valence-electron chi connectivity index (χ3n) is 5.01. The number of amides is 1. The zero-order valence-electron chi connectivity index (χ0n) is 16.6. The lowest BCUT2D eigenvalue weighted by atomic mass is 10.2. The minimum Gasteiger partial charge on any atom is -0.350 e. The number of hydrogen-bond donors (Lipinski definition) is 1. The molecule has 5 aromatic rings. The number of carbonyl (C=O) groups is 1. The standard InChI is InChI=1S/C21H16ClN7O2S/c22-15-4-1-13(2-5-15)11-28-12-24-19-16(21(28)31)10-25-29(19)8-7-23-20(30)14-3-6-17-18(9-14)27-32-26-17/h1-6,9-10,12H,7-8,11H2,(H,23,30). The Morgan fingerprint density at radius 2 is 1.91 bits per heavy atom. The molecule has 5 rings (SSSR count). The fraction of sp³-hybridized carbons (Fsp3) is 0.143. The molecule has 1 N–H and O–H groups in total. The minimum absolute atomic E-state index is 0.176. The van der Waals surface area contributed by atoms with E-state index in [1.165, 1.54) is 17.1 Å². The van der Waals surface area contributed by atoms with Gasteiger partial charge >= 0.3 is 0 Å². The third kappa shape index (κ3) is 3.97. The van der Waals surface area contributed by atoms with Gasteiger partial charge in [-0.1, -0.05) is 23.7 Å². The quantitative estimate of drug-likeness (QED) is 0.413. The normalized spacial score (nSPS) is 11.3. The van der Waals surface area contributed by atoms with Crippen molar-refractivity contribution in [3.05, 3.63) is 81.5 Å². The van der Waals surface area contributed by atoms with Gasteiger partial charge in [-0.05, 0) is 35.9 Å². The molecule has 0 atom stereocenters. The van der Waals surface area contributed by atoms with Crippen molar-refractivity contribution < 1.29 is 4.79 Å². The van der Waals surface area contributed by atoms with Crippen molar-refractivity contribution in [2.45, 2.75) is 13.1 Å². The lowest BCUT2D eigenvalue weighted by Crippen LogP contribution is -2.27. The largest absolute Gasteiger partial charge is 0.350 e. The number of nitrogens with zero attached hydrogens (tertiary/aromatic N) is 6. The molecule has 9 nitrogen and oxygen atoms in total. The van der Waals surface area contributed by atoms with Gasteiger partial charge in [-0.25, -0.2) is 9.67 Å². The highest BCUT2D eigenvalue weighted by Gasteiger charge is 2.12. The molecule has 3 aromatic heterocycles. The second-order valence-electron chi connectivity index (χ2n) is 7.13. The van der Waals surface area contributed by atoms with Crippen LogP contribution in [-0.2, 0) is 13.1 Å². The Kier molecular flexibility index (Phi) is 5.38. The van der Waals surface area contributed by atoms with E-state index in [-0.39, 0.29) is 11.5 Å². The van der Waals surface area contributed by atoms with Gasteiger partial charge in [-0.3, -0.25) is 14.2 Å². The van der Waals surface area contributed by atoms with Crippen LogP contribution in [0.15, 0.2) is 59.8 Å². The molecule has 3 heterocycles. The maximum atomic E-state index is 12.8. The van der Waals surface area contributed by atoms with E-state index in [1.807, 2.05) is 12.1 Å². The summed E-state index contributed by atoms with van der Waals surface area (Å²) in [5.41, 5.74) is 3.22. The summed E-state index contributed by atoms with van der Waals surface area (Å²) in [4.78, 5) is 29.7. The van der Waals surface area contributed by atoms with Crippen LogP contribution >= 0.6 is 23.3 Å². The first-order valence-electron chi connectivity index (χ1n) is 9.74. The molecule has 160 valence electrons. The summed E-state index contributed by atoms with van der Waals surface area (Å²) < 4.78 is 11.4. The van der Waals surface area contributed by atoms with Gasteiger partial charge in [-0.15, -0.1) is 0 Å². The summed E-state index contributed by atoms with van der Waals surface area (Å²) in [5, 5.41) is 8.20. The minimum atomic E-state index is -0.213. The number of benzene rings is 2. The first-order chi connectivity index (χ1) is 15.6. The summed E-state index contributed by atoms with van der Waals surface area (Å²) in [7, 11) is 0. The van der Waals surface area contributed by atoms with Crippen LogP contribution < -0.4 is 10.9 Å². The molecule has 2 aromatic carbocycles. The number of halogens is 1. The maximum absolute atomic E-state index is 12.8. The van der Waals surface area contributed by atoms with Crippen LogP contribution in [0.1, 0.15) is 15.9 Å². The van der Waals surface area contributed by atoms with E-state index in [2.05, 4.69) is 24.1 Å². The lowest BCUT2D eigenvalue weighted by Gasteiger charge is -2.08. The van der Waals surface area contributed by atoms with E-state index < -0.39 is 0 Å². The van der Waals surface area contributed by atoms with Crippen LogP contribution in [0.4, 0.5) is 0 Å². The SMILES string of the molecule is O=C(NCCn1ncc2c(=O)n(Cc3ccc(Cl)cc3)cnc21)c1ccc2nsnc2c1. The molecule has 0 bridgehead atoms. The van der Waals surface area contributed by atoms with Gasteiger partial charge in [0.25, 0.3) is 11.5 Å². The van der Waals surface area contributed by atoms with Gasteiger partial charge in [-0.2, -0.15) is 13.8 Å². The Bertz CT molecular complexity index is 1490. The van der Waals surface area contributed by atoms with Gasteiger partial charge in [0.2, 0.25) is 0 Å². The summed E-state index contributed by atoms with van der Waals surface area (Å²) in [6.45, 7) is 1.10. The number of nitrogens with one attached hydrogen (secondary N) is 1. The second kappa shape index (κ2) is 8.48. The molecule has 1 amide bonds. The van der Waals surface area contributed by atoms with Crippen LogP contribution in [0.5, 0.6) is 0 Å². The zero-order chi connectivity index (χ0) is 22.1. The lowest BCUT2D eigenvalue weighted by molar-refractivity contribution is 0.0952. The molecule has 0 unspecified atom stereocenters. The summed E-state index contributed by atoms with van der Waals surface area (Å²) in [6, 6.07) is 12.5. The molecule has 0 aliphatic heterocycles. The van der Waals surface area contributed by atoms with Crippen molar-refractivity contribution in [1.29, 1.82) is 0 Å². The van der Waals surface area contributed by atoms with E-state index in [1.54, 1.807) is 35.0 Å². The Morgan fingerprint density at radius 3 is 2.75 bits per heavy atom. The van der Waals surface area contributed by atoms with E-state index in [4.69, 9.17) is 11.6 Å². The molecule has 0 aliphatic carbocycles. The third-order valence-corrected chi connectivity index (χ3v) is 5.82. The molecular formula is C21H16ClN7O2S. The van der Waals surface area contributed by atoms with Crippen molar-refractivity contribution in [2.75, 3.05) is 6.54 Å². The monoisotopic (exact) mass is 465 g/mol. The van der Waals surface area contributed by atoms with Crippen LogP contribution in [0.3, 0.4) is 0 Å². The highest BCUT2D eigenvalue weighted by Crippen LogP contribution is 2.14. The van der Waals surface area contributed by atoms with Crippen molar-refractivity contribution in [3.8, 4) is 0 Å². The van der Waals surface area contributed by atoms with Crippen LogP contribution in [0, 0.1) is 0 Å². The van der Waals surface area contributed by atoms with Gasteiger partial charge < -0.3 is 5.32 Å². The van der Waals surface area contributed by atoms with Crippen LogP contribution in [0.25, 0.3) is 22.1 Å². The Balaban J connectivity index is 1.27. The van der Waals surface area contributed by atoms with Crippen molar-refractivity contribution in [1.82, 2.24) is 33.4 Å². The second-order valence-corrected chi connectivity index (χ2v) is 8.10. The fourth-order valence-electron chi connectivity index (χ4n) is 3.36. The van der Waals surface area contributed by atoms with Crippen molar-refractivity contribution >= 4 is 51.3 Å². The van der Waals surface area contributed by atoms with E-state index >= 15 is 0 Å². The number of carbonyl (C=O) groups excluding carboxylic acids is 1. The number of fused-ring (bicyclic) bond motifs is 2. The van der Waals surface area contributed by atoms with Crippen LogP contribution in [-0.4, -0.2) is 40.5 Å². The van der Waals surface area contributed by atoms with Gasteiger partial charge in [0, 0.05) is 17.1 Å². The average Bonchev–Trinajstić information content (AvgIpc) is 3.44. The Labute approximate surface area is 190 Å². The first kappa shape index (κ1) is 20.3. The predicted octanol–water partition coefficient (Wildman–Crippen LogP) is 2.73. The Hall–Kier alpha value is -3.63. The van der Waals surface area contributed by atoms with Gasteiger partial charge in [0.1, 0.15) is 22.7 Å². The smallest absolute Gasteiger partial charge is 0.264 e. The maximum Gasteiger partial charge on any atom is 0.264 e. The number of aromatic nitrogens is 6. The first-order valence-corrected chi connectivity index (χ1v) is 10.9. The van der Waals surface area contributed by atoms with Crippen LogP contribution in [0.2, 0.25) is 5.02 Å². The average molecular weight is 466 g/mol.